The minimum absolute atomic E-state index is 0.199. The first-order valence-corrected chi connectivity index (χ1v) is 6.83. The number of nitrogens with zero attached hydrogens (tertiary/aromatic N) is 1. The van der Waals surface area contributed by atoms with E-state index in [2.05, 4.69) is 30.9 Å². The van der Waals surface area contributed by atoms with Crippen LogP contribution in [0.15, 0.2) is 24.3 Å². The van der Waals surface area contributed by atoms with Gasteiger partial charge in [0.1, 0.15) is 5.75 Å². The highest BCUT2D eigenvalue weighted by Gasteiger charge is 2.16. The third-order valence-corrected chi connectivity index (χ3v) is 3.09. The molecule has 1 rings (SSSR count). The molecule has 0 aliphatic carbocycles. The van der Waals surface area contributed by atoms with Crippen LogP contribution in [0.4, 0.5) is 0 Å². The van der Waals surface area contributed by atoms with Crippen molar-refractivity contribution in [1.29, 1.82) is 0 Å². The fourth-order valence-electron chi connectivity index (χ4n) is 2.23. The quantitative estimate of drug-likeness (QED) is 0.808. The van der Waals surface area contributed by atoms with Crippen molar-refractivity contribution in [2.75, 3.05) is 19.6 Å². The van der Waals surface area contributed by atoms with Crippen molar-refractivity contribution in [3.05, 3.63) is 29.8 Å². The van der Waals surface area contributed by atoms with Crippen LogP contribution in [0.1, 0.15) is 39.3 Å². The highest BCUT2D eigenvalue weighted by Crippen LogP contribution is 2.24. The number of benzene rings is 1. The van der Waals surface area contributed by atoms with E-state index in [1.807, 2.05) is 26.0 Å². The lowest BCUT2D eigenvalue weighted by molar-refractivity contribution is 0.220. The summed E-state index contributed by atoms with van der Waals surface area (Å²) < 4.78 is 5.74. The number of rotatable bonds is 7. The standard InChI is InChI=1S/C15H26N2O/c1-5-17(6-2)15(11-16)13-8-7-9-14(10-13)18-12(3)4/h7-10,12,15H,5-6,11,16H2,1-4H3. The zero-order valence-electron chi connectivity index (χ0n) is 12.0. The number of nitrogens with two attached hydrogens (primary N) is 1. The summed E-state index contributed by atoms with van der Waals surface area (Å²) in [5.41, 5.74) is 7.16. The molecular weight excluding hydrogens is 224 g/mol. The average molecular weight is 250 g/mol. The van der Waals surface area contributed by atoms with Gasteiger partial charge in [-0.2, -0.15) is 0 Å². The van der Waals surface area contributed by atoms with Gasteiger partial charge in [-0.15, -0.1) is 0 Å². The van der Waals surface area contributed by atoms with Crippen molar-refractivity contribution in [3.63, 3.8) is 0 Å². The third-order valence-electron chi connectivity index (χ3n) is 3.09. The summed E-state index contributed by atoms with van der Waals surface area (Å²) in [6.07, 6.45) is 0.199. The maximum absolute atomic E-state index is 5.93. The van der Waals surface area contributed by atoms with E-state index in [9.17, 15) is 0 Å². The van der Waals surface area contributed by atoms with E-state index in [4.69, 9.17) is 10.5 Å². The molecule has 3 heteroatoms. The zero-order valence-corrected chi connectivity index (χ0v) is 12.0. The lowest BCUT2D eigenvalue weighted by Crippen LogP contribution is -2.33. The molecule has 0 heterocycles. The summed E-state index contributed by atoms with van der Waals surface area (Å²) in [5, 5.41) is 0. The molecular formula is C15H26N2O. The van der Waals surface area contributed by atoms with E-state index in [0.29, 0.717) is 6.54 Å². The number of likely N-dealkylation sites (N-methyl/N-ethyl adjacent to an activating group) is 1. The van der Waals surface area contributed by atoms with Crippen LogP contribution in [-0.4, -0.2) is 30.6 Å². The SMILES string of the molecule is CCN(CC)C(CN)c1cccc(OC(C)C)c1. The number of hydrogen-bond donors (Lipinski definition) is 1. The monoisotopic (exact) mass is 250 g/mol. The molecule has 0 radical (unpaired) electrons. The summed E-state index contributed by atoms with van der Waals surface area (Å²) >= 11 is 0. The van der Waals surface area contributed by atoms with Crippen molar-refractivity contribution in [2.24, 2.45) is 5.73 Å². The summed E-state index contributed by atoms with van der Waals surface area (Å²) in [5.74, 6) is 0.924. The molecule has 2 N–H and O–H groups in total. The number of hydrogen-bond acceptors (Lipinski definition) is 3. The molecule has 102 valence electrons. The van der Waals surface area contributed by atoms with E-state index in [-0.39, 0.29) is 12.1 Å². The van der Waals surface area contributed by atoms with E-state index >= 15 is 0 Å². The Morgan fingerprint density at radius 1 is 1.22 bits per heavy atom. The lowest BCUT2D eigenvalue weighted by Gasteiger charge is -2.29. The predicted molar refractivity (Wildman–Crippen MR) is 76.9 cm³/mol. The smallest absolute Gasteiger partial charge is 0.120 e. The molecule has 0 aliphatic heterocycles. The molecule has 0 saturated heterocycles. The molecule has 18 heavy (non-hydrogen) atoms. The first-order valence-electron chi connectivity index (χ1n) is 6.83. The van der Waals surface area contributed by atoms with Crippen LogP contribution in [0.2, 0.25) is 0 Å². The predicted octanol–water partition coefficient (Wildman–Crippen LogP) is 2.82. The van der Waals surface area contributed by atoms with Gasteiger partial charge in [0, 0.05) is 12.6 Å². The Bertz CT molecular complexity index is 348. The largest absolute Gasteiger partial charge is 0.491 e. The molecule has 0 bridgehead atoms. The van der Waals surface area contributed by atoms with Gasteiger partial charge in [0.25, 0.3) is 0 Å². The van der Waals surface area contributed by atoms with Crippen molar-refractivity contribution < 1.29 is 4.74 Å². The molecule has 1 aromatic rings. The minimum Gasteiger partial charge on any atom is -0.491 e. The van der Waals surface area contributed by atoms with Gasteiger partial charge in [0.2, 0.25) is 0 Å². The molecule has 1 atom stereocenters. The highest BCUT2D eigenvalue weighted by molar-refractivity contribution is 5.31. The summed E-state index contributed by atoms with van der Waals surface area (Å²) in [6.45, 7) is 11.1. The molecule has 3 nitrogen and oxygen atoms in total. The van der Waals surface area contributed by atoms with Crippen LogP contribution in [0.3, 0.4) is 0 Å². The average Bonchev–Trinajstić information content (AvgIpc) is 2.35. The van der Waals surface area contributed by atoms with Crippen LogP contribution in [0.5, 0.6) is 5.75 Å². The van der Waals surface area contributed by atoms with Crippen molar-refractivity contribution in [2.45, 2.75) is 39.8 Å². The lowest BCUT2D eigenvalue weighted by atomic mass is 10.0. The molecule has 0 aliphatic rings. The van der Waals surface area contributed by atoms with Gasteiger partial charge in [0.05, 0.1) is 6.10 Å². The second-order valence-corrected chi connectivity index (χ2v) is 4.71. The second kappa shape index (κ2) is 7.39. The van der Waals surface area contributed by atoms with Crippen LogP contribution < -0.4 is 10.5 Å². The van der Waals surface area contributed by atoms with Gasteiger partial charge in [-0.25, -0.2) is 0 Å². The van der Waals surface area contributed by atoms with Gasteiger partial charge < -0.3 is 10.5 Å². The fourth-order valence-corrected chi connectivity index (χ4v) is 2.23. The normalized spacial score (nSPS) is 13.1. The first kappa shape index (κ1) is 15.0. The Labute approximate surface area is 111 Å². The summed E-state index contributed by atoms with van der Waals surface area (Å²) in [4.78, 5) is 2.37. The Balaban J connectivity index is 2.91. The maximum atomic E-state index is 5.93. The molecule has 0 amide bonds. The Morgan fingerprint density at radius 2 is 1.89 bits per heavy atom. The topological polar surface area (TPSA) is 38.5 Å². The van der Waals surface area contributed by atoms with Crippen LogP contribution in [-0.2, 0) is 0 Å². The fraction of sp³-hybridized carbons (Fsp3) is 0.600. The van der Waals surface area contributed by atoms with Gasteiger partial charge in [-0.05, 0) is 44.6 Å². The summed E-state index contributed by atoms with van der Waals surface area (Å²) in [6, 6.07) is 8.55. The Kier molecular flexibility index (Phi) is 6.16. The summed E-state index contributed by atoms with van der Waals surface area (Å²) in [7, 11) is 0. The van der Waals surface area contributed by atoms with Gasteiger partial charge in [-0.3, -0.25) is 4.90 Å². The van der Waals surface area contributed by atoms with Crippen LogP contribution >= 0.6 is 0 Å². The van der Waals surface area contributed by atoms with Crippen molar-refractivity contribution in [3.8, 4) is 5.75 Å². The van der Waals surface area contributed by atoms with Gasteiger partial charge >= 0.3 is 0 Å². The molecule has 0 aromatic heterocycles. The first-order chi connectivity index (χ1) is 8.62. The van der Waals surface area contributed by atoms with Crippen LogP contribution in [0.25, 0.3) is 0 Å². The Morgan fingerprint density at radius 3 is 2.39 bits per heavy atom. The molecule has 0 saturated carbocycles. The van der Waals surface area contributed by atoms with E-state index in [1.165, 1.54) is 5.56 Å². The molecule has 0 fully saturated rings. The van der Waals surface area contributed by atoms with E-state index in [0.717, 1.165) is 18.8 Å². The van der Waals surface area contributed by atoms with Gasteiger partial charge in [-0.1, -0.05) is 26.0 Å². The minimum atomic E-state index is 0.199. The molecule has 0 spiro atoms. The van der Waals surface area contributed by atoms with Crippen molar-refractivity contribution >= 4 is 0 Å². The Hall–Kier alpha value is -1.06. The second-order valence-electron chi connectivity index (χ2n) is 4.71. The van der Waals surface area contributed by atoms with Crippen molar-refractivity contribution in [1.82, 2.24) is 4.90 Å². The maximum Gasteiger partial charge on any atom is 0.120 e. The molecule has 1 aromatic carbocycles. The zero-order chi connectivity index (χ0) is 13.5. The van der Waals surface area contributed by atoms with E-state index in [1.54, 1.807) is 0 Å². The third kappa shape index (κ3) is 4.00. The number of ether oxygens (including phenoxy) is 1. The highest BCUT2D eigenvalue weighted by atomic mass is 16.5. The van der Waals surface area contributed by atoms with E-state index < -0.39 is 0 Å². The van der Waals surface area contributed by atoms with Gasteiger partial charge in [0.15, 0.2) is 0 Å². The molecule has 1 unspecified atom stereocenters. The van der Waals surface area contributed by atoms with Crippen LogP contribution in [0, 0.1) is 0 Å².